The molecule has 1 N–H and O–H groups in total. The minimum absolute atomic E-state index is 0.0110. The predicted octanol–water partition coefficient (Wildman–Crippen LogP) is 2.80. The molecule has 156 valence electrons. The minimum atomic E-state index is -4.10. The molecule has 7 nitrogen and oxygen atoms in total. The van der Waals surface area contributed by atoms with E-state index in [-0.39, 0.29) is 5.49 Å². The molecule has 0 unspecified atom stereocenters. The van der Waals surface area contributed by atoms with Gasteiger partial charge in [0.1, 0.15) is 16.5 Å². The molecule has 1 aromatic carbocycles. The van der Waals surface area contributed by atoms with Crippen LogP contribution in [-0.2, 0) is 20.4 Å². The van der Waals surface area contributed by atoms with Crippen molar-refractivity contribution in [3.05, 3.63) is 77.2 Å². The Labute approximate surface area is 170 Å². The van der Waals surface area contributed by atoms with Gasteiger partial charge in [0.15, 0.2) is 15.3 Å². The summed E-state index contributed by atoms with van der Waals surface area (Å²) in [5.74, 6) is -3.09. The van der Waals surface area contributed by atoms with Crippen molar-refractivity contribution in [2.45, 2.75) is 24.5 Å². The molecule has 0 aliphatic carbocycles. The van der Waals surface area contributed by atoms with E-state index in [1.165, 1.54) is 31.5 Å². The number of amides is 1. The molecule has 3 rings (SSSR count). The van der Waals surface area contributed by atoms with Crippen LogP contribution in [0.1, 0.15) is 18.2 Å². The van der Waals surface area contributed by atoms with Crippen LogP contribution in [0.3, 0.4) is 0 Å². The number of rotatable bonds is 4. The van der Waals surface area contributed by atoms with Crippen molar-refractivity contribution in [2.75, 3.05) is 0 Å². The van der Waals surface area contributed by atoms with Gasteiger partial charge in [0.25, 0.3) is 0 Å². The second kappa shape index (κ2) is 8.15. The molecule has 0 fully saturated rings. The van der Waals surface area contributed by atoms with Crippen LogP contribution in [0, 0.1) is 18.6 Å². The van der Waals surface area contributed by atoms with E-state index in [9.17, 15) is 27.2 Å². The molecule has 2 aromatic heterocycles. The molecule has 0 saturated carbocycles. The average molecular weight is 433 g/mol. The summed E-state index contributed by atoms with van der Waals surface area (Å²) in [5.41, 5.74) is 1.77. The summed E-state index contributed by atoms with van der Waals surface area (Å²) >= 11 is 0. The fourth-order valence-corrected chi connectivity index (χ4v) is 4.29. The van der Waals surface area contributed by atoms with Gasteiger partial charge in [-0.3, -0.25) is 9.78 Å². The Hall–Kier alpha value is -3.40. The molecule has 1 amide bonds. The zero-order valence-corrected chi connectivity index (χ0v) is 16.8. The van der Waals surface area contributed by atoms with Crippen LogP contribution >= 0.6 is 0 Å². The molecule has 3 aromatic rings. The highest BCUT2D eigenvalue weighted by Gasteiger charge is 2.22. The van der Waals surface area contributed by atoms with Crippen molar-refractivity contribution in [3.8, 4) is 11.1 Å². The van der Waals surface area contributed by atoms with Crippen LogP contribution in [0.5, 0.6) is 0 Å². The number of pyridine rings is 2. The normalized spacial score (nSPS) is 12.2. The van der Waals surface area contributed by atoms with Crippen molar-refractivity contribution >= 4 is 15.7 Å². The number of sulfone groups is 1. The molecular formula is C20H17F2N3O4S. The van der Waals surface area contributed by atoms with Gasteiger partial charge in [-0.2, -0.15) is 9.72 Å². The lowest BCUT2D eigenvalue weighted by atomic mass is 10.1. The third kappa shape index (κ3) is 4.60. The van der Waals surface area contributed by atoms with Crippen LogP contribution in [-0.4, -0.2) is 29.2 Å². The Balaban J connectivity index is 2.03. The Morgan fingerprint density at radius 3 is 2.57 bits per heavy atom. The lowest BCUT2D eigenvalue weighted by Gasteiger charge is -2.11. The van der Waals surface area contributed by atoms with Crippen molar-refractivity contribution in [1.29, 1.82) is 0 Å². The van der Waals surface area contributed by atoms with Crippen molar-refractivity contribution in [1.82, 2.24) is 9.71 Å². The van der Waals surface area contributed by atoms with Crippen LogP contribution < -0.4 is 5.49 Å². The Morgan fingerprint density at radius 2 is 1.90 bits per heavy atom. The Morgan fingerprint density at radius 1 is 1.17 bits per heavy atom. The van der Waals surface area contributed by atoms with E-state index in [1.54, 1.807) is 13.0 Å². The van der Waals surface area contributed by atoms with E-state index in [2.05, 4.69) is 9.98 Å². The number of nitrogens with zero attached hydrogens (tertiary/aromatic N) is 3. The number of hydrogen-bond donors (Lipinski definition) is 1. The van der Waals surface area contributed by atoms with E-state index in [0.29, 0.717) is 33.2 Å². The predicted molar refractivity (Wildman–Crippen MR) is 103 cm³/mol. The molecule has 10 heteroatoms. The van der Waals surface area contributed by atoms with E-state index in [1.807, 2.05) is 0 Å². The first-order valence-corrected chi connectivity index (χ1v) is 10.3. The molecule has 30 heavy (non-hydrogen) atoms. The Kier molecular flexibility index (Phi) is 5.79. The van der Waals surface area contributed by atoms with Gasteiger partial charge in [0, 0.05) is 36.6 Å². The van der Waals surface area contributed by atoms with E-state index >= 15 is 0 Å². The first-order chi connectivity index (χ1) is 14.1. The Bertz CT molecular complexity index is 1320. The molecule has 0 bridgehead atoms. The van der Waals surface area contributed by atoms with Crippen LogP contribution in [0.15, 0.2) is 58.7 Å². The highest BCUT2D eigenvalue weighted by molar-refractivity contribution is 7.90. The summed E-state index contributed by atoms with van der Waals surface area (Å²) in [4.78, 5) is 18.5. The summed E-state index contributed by atoms with van der Waals surface area (Å²) < 4.78 is 53.1. The molecule has 0 spiro atoms. The zero-order valence-electron chi connectivity index (χ0n) is 16.0. The number of benzene rings is 1. The van der Waals surface area contributed by atoms with Crippen LogP contribution in [0.2, 0.25) is 0 Å². The fourth-order valence-electron chi connectivity index (χ4n) is 2.80. The van der Waals surface area contributed by atoms with Gasteiger partial charge in [-0.15, -0.1) is 0 Å². The topological polar surface area (TPSA) is 102 Å². The van der Waals surface area contributed by atoms with Gasteiger partial charge in [-0.25, -0.2) is 17.2 Å². The lowest BCUT2D eigenvalue weighted by molar-refractivity contribution is -0.116. The number of halogens is 2. The van der Waals surface area contributed by atoms with Gasteiger partial charge in [-0.05, 0) is 48.4 Å². The minimum Gasteiger partial charge on any atom is -0.427 e. The largest absolute Gasteiger partial charge is 0.427 e. The quantitative estimate of drug-likeness (QED) is 0.504. The van der Waals surface area contributed by atoms with E-state index < -0.39 is 38.0 Å². The van der Waals surface area contributed by atoms with Gasteiger partial charge >= 0.3 is 0 Å². The van der Waals surface area contributed by atoms with Crippen molar-refractivity contribution in [3.63, 3.8) is 0 Å². The second-order valence-electron chi connectivity index (χ2n) is 6.55. The fraction of sp³-hybridized carbons (Fsp3) is 0.150. The highest BCUT2D eigenvalue weighted by atomic mass is 32.2. The van der Waals surface area contributed by atoms with Crippen molar-refractivity contribution < 1.29 is 27.2 Å². The summed E-state index contributed by atoms with van der Waals surface area (Å²) in [6.45, 7) is 2.84. The molecule has 2 heterocycles. The summed E-state index contributed by atoms with van der Waals surface area (Å²) in [5, 5.41) is 9.77. The number of aryl methyl sites for hydroxylation is 1. The van der Waals surface area contributed by atoms with Gasteiger partial charge in [0.2, 0.25) is 5.91 Å². The monoisotopic (exact) mass is 433 g/mol. The maximum Gasteiger partial charge on any atom is 0.244 e. The average Bonchev–Trinajstić information content (AvgIpc) is 2.64. The maximum atomic E-state index is 14.0. The van der Waals surface area contributed by atoms with Crippen LogP contribution in [0.4, 0.5) is 8.78 Å². The third-order valence-electron chi connectivity index (χ3n) is 4.29. The van der Waals surface area contributed by atoms with Gasteiger partial charge in [0.05, 0.1) is 5.75 Å². The lowest BCUT2D eigenvalue weighted by Crippen LogP contribution is -2.19. The summed E-state index contributed by atoms with van der Waals surface area (Å²) in [6.07, 6.45) is 2.78. The zero-order chi connectivity index (χ0) is 22.1. The SMILES string of the molecule is CC(=O)N=c1cc(-c2cnc(C)c(CS(=O)(=O)c3ccc(F)cc3F)c2)ccn1O. The summed E-state index contributed by atoms with van der Waals surface area (Å²) in [7, 11) is -4.10. The van der Waals surface area contributed by atoms with Crippen LogP contribution in [0.25, 0.3) is 11.1 Å². The number of hydrogen-bond acceptors (Lipinski definition) is 5. The number of aromatic nitrogens is 2. The summed E-state index contributed by atoms with van der Waals surface area (Å²) in [6, 6.07) is 6.82. The van der Waals surface area contributed by atoms with Gasteiger partial charge < -0.3 is 5.21 Å². The molecular weight excluding hydrogens is 416 g/mol. The first kappa shape index (κ1) is 21.3. The van der Waals surface area contributed by atoms with E-state index in [0.717, 1.165) is 12.1 Å². The molecule has 0 radical (unpaired) electrons. The first-order valence-electron chi connectivity index (χ1n) is 8.68. The van der Waals surface area contributed by atoms with E-state index in [4.69, 9.17) is 0 Å². The smallest absolute Gasteiger partial charge is 0.244 e. The van der Waals surface area contributed by atoms with Gasteiger partial charge in [-0.1, -0.05) is 0 Å². The third-order valence-corrected chi connectivity index (χ3v) is 5.98. The number of carbonyl (C=O) groups is 1. The molecule has 0 aliphatic heterocycles. The molecule has 0 saturated heterocycles. The van der Waals surface area contributed by atoms with Crippen molar-refractivity contribution in [2.24, 2.45) is 4.99 Å². The molecule has 0 aliphatic rings. The number of carbonyl (C=O) groups excluding carboxylic acids is 1. The second-order valence-corrected chi connectivity index (χ2v) is 8.51. The highest BCUT2D eigenvalue weighted by Crippen LogP contribution is 2.25. The maximum absolute atomic E-state index is 14.0. The standard InChI is InChI=1S/C20H17F2N3O4S/c1-12-16(11-30(28,29)19-4-3-17(21)9-18(19)22)7-15(10-23-12)14-5-6-25(27)20(8-14)24-13(2)26/h3-10,27H,11H2,1-2H3. The molecule has 0 atom stereocenters.